The fourth-order valence-corrected chi connectivity index (χ4v) is 4.52. The van der Waals surface area contributed by atoms with E-state index < -0.39 is 0 Å². The third kappa shape index (κ3) is 4.36. The first-order chi connectivity index (χ1) is 13.1. The van der Waals surface area contributed by atoms with Crippen molar-refractivity contribution in [1.82, 2.24) is 10.2 Å². The lowest BCUT2D eigenvalue weighted by atomic mass is 10.0. The SMILES string of the molecule is CC1CN(CCCNC(=O)Cc2coc3cc4c(cc23)CCC4)CC(C)O1. The van der Waals surface area contributed by atoms with Crippen LogP contribution in [0.25, 0.3) is 11.0 Å². The number of benzene rings is 1. The van der Waals surface area contributed by atoms with Gasteiger partial charge in [0.15, 0.2) is 0 Å². The maximum Gasteiger partial charge on any atom is 0.224 e. The minimum absolute atomic E-state index is 0.0712. The van der Waals surface area contributed by atoms with Gasteiger partial charge in [-0.2, -0.15) is 0 Å². The van der Waals surface area contributed by atoms with Gasteiger partial charge in [0, 0.05) is 37.1 Å². The monoisotopic (exact) mass is 370 g/mol. The van der Waals surface area contributed by atoms with Gasteiger partial charge in [0.2, 0.25) is 5.91 Å². The van der Waals surface area contributed by atoms with Crippen LogP contribution in [-0.2, 0) is 28.8 Å². The lowest BCUT2D eigenvalue weighted by Crippen LogP contribution is -2.46. The van der Waals surface area contributed by atoms with Crippen molar-refractivity contribution in [2.75, 3.05) is 26.2 Å². The Hall–Kier alpha value is -1.85. The van der Waals surface area contributed by atoms with E-state index in [2.05, 4.69) is 36.2 Å². The number of ether oxygens (including phenoxy) is 1. The first-order valence-corrected chi connectivity index (χ1v) is 10.2. The summed E-state index contributed by atoms with van der Waals surface area (Å²) in [4.78, 5) is 14.8. The molecule has 1 aliphatic heterocycles. The van der Waals surface area contributed by atoms with Crippen LogP contribution in [0.2, 0.25) is 0 Å². The van der Waals surface area contributed by atoms with Gasteiger partial charge in [0.25, 0.3) is 0 Å². The summed E-state index contributed by atoms with van der Waals surface area (Å²) in [7, 11) is 0. The van der Waals surface area contributed by atoms with E-state index in [0.717, 1.165) is 55.4 Å². The standard InChI is InChI=1S/C22H30N2O3/c1-15-12-24(13-16(2)27-15)8-4-7-23-22(25)11-19-14-26-21-10-18-6-3-5-17(18)9-20(19)21/h9-10,14-16H,3-8,11-13H2,1-2H3,(H,23,25). The van der Waals surface area contributed by atoms with Crippen LogP contribution in [0.5, 0.6) is 0 Å². The van der Waals surface area contributed by atoms with E-state index in [1.165, 1.54) is 17.5 Å². The molecule has 2 aromatic rings. The highest BCUT2D eigenvalue weighted by molar-refractivity contribution is 5.88. The van der Waals surface area contributed by atoms with Crippen molar-refractivity contribution in [3.8, 4) is 0 Å². The van der Waals surface area contributed by atoms with Gasteiger partial charge >= 0.3 is 0 Å². The van der Waals surface area contributed by atoms with Crippen molar-refractivity contribution in [2.24, 2.45) is 0 Å². The van der Waals surface area contributed by atoms with E-state index >= 15 is 0 Å². The van der Waals surface area contributed by atoms with Crippen molar-refractivity contribution in [3.05, 3.63) is 35.1 Å². The molecule has 0 bridgehead atoms. The molecule has 2 aliphatic rings. The molecule has 1 aliphatic carbocycles. The van der Waals surface area contributed by atoms with E-state index in [9.17, 15) is 4.79 Å². The van der Waals surface area contributed by atoms with Gasteiger partial charge in [0.1, 0.15) is 5.58 Å². The third-order valence-electron chi connectivity index (χ3n) is 5.69. The number of carbonyl (C=O) groups excluding carboxylic acids is 1. The van der Waals surface area contributed by atoms with E-state index in [1.807, 2.05) is 0 Å². The summed E-state index contributed by atoms with van der Waals surface area (Å²) in [6.45, 7) is 7.90. The van der Waals surface area contributed by atoms with Crippen LogP contribution < -0.4 is 5.32 Å². The molecule has 2 unspecified atom stereocenters. The molecular formula is C22H30N2O3. The molecule has 5 heteroatoms. The lowest BCUT2D eigenvalue weighted by Gasteiger charge is -2.35. The Morgan fingerprint density at radius 2 is 1.93 bits per heavy atom. The number of carbonyl (C=O) groups is 1. The summed E-state index contributed by atoms with van der Waals surface area (Å²) in [5.74, 6) is 0.0712. The van der Waals surface area contributed by atoms with Crippen LogP contribution in [-0.4, -0.2) is 49.2 Å². The number of nitrogens with zero attached hydrogens (tertiary/aromatic N) is 1. The summed E-state index contributed by atoms with van der Waals surface area (Å²) in [5.41, 5.74) is 4.72. The zero-order valence-corrected chi connectivity index (χ0v) is 16.4. The van der Waals surface area contributed by atoms with Gasteiger partial charge in [-0.15, -0.1) is 0 Å². The molecule has 4 rings (SSSR count). The first kappa shape index (κ1) is 18.5. The van der Waals surface area contributed by atoms with Crippen LogP contribution in [0.3, 0.4) is 0 Å². The molecule has 1 aromatic carbocycles. The molecular weight excluding hydrogens is 340 g/mol. The van der Waals surface area contributed by atoms with Crippen LogP contribution in [0, 0.1) is 0 Å². The molecule has 146 valence electrons. The molecule has 0 spiro atoms. The van der Waals surface area contributed by atoms with Gasteiger partial charge < -0.3 is 14.5 Å². The summed E-state index contributed by atoms with van der Waals surface area (Å²) in [6, 6.07) is 4.38. The number of amides is 1. The van der Waals surface area contributed by atoms with Crippen LogP contribution in [0.1, 0.15) is 43.4 Å². The molecule has 0 radical (unpaired) electrons. The van der Waals surface area contributed by atoms with Crippen LogP contribution >= 0.6 is 0 Å². The summed E-state index contributed by atoms with van der Waals surface area (Å²) >= 11 is 0. The number of fused-ring (bicyclic) bond motifs is 2. The summed E-state index contributed by atoms with van der Waals surface area (Å²) < 4.78 is 11.5. The molecule has 1 aromatic heterocycles. The van der Waals surface area contributed by atoms with Crippen LogP contribution in [0.15, 0.2) is 22.8 Å². The zero-order valence-electron chi connectivity index (χ0n) is 16.4. The Morgan fingerprint density at radius 1 is 1.19 bits per heavy atom. The average molecular weight is 370 g/mol. The predicted molar refractivity (Wildman–Crippen MR) is 106 cm³/mol. The molecule has 1 fully saturated rings. The largest absolute Gasteiger partial charge is 0.464 e. The highest BCUT2D eigenvalue weighted by atomic mass is 16.5. The Bertz CT molecular complexity index is 803. The molecule has 1 saturated heterocycles. The van der Waals surface area contributed by atoms with Crippen LogP contribution in [0.4, 0.5) is 0 Å². The van der Waals surface area contributed by atoms with Crippen molar-refractivity contribution in [2.45, 2.75) is 58.2 Å². The van der Waals surface area contributed by atoms with Gasteiger partial charge in [-0.3, -0.25) is 9.69 Å². The number of hydrogen-bond acceptors (Lipinski definition) is 4. The van der Waals surface area contributed by atoms with Crippen molar-refractivity contribution in [3.63, 3.8) is 0 Å². The maximum atomic E-state index is 12.4. The van der Waals surface area contributed by atoms with Crippen molar-refractivity contribution < 1.29 is 13.9 Å². The summed E-state index contributed by atoms with van der Waals surface area (Å²) in [5, 5.41) is 4.16. The Kier molecular flexibility index (Phi) is 5.50. The number of aryl methyl sites for hydroxylation is 2. The number of nitrogens with one attached hydrogen (secondary N) is 1. The third-order valence-corrected chi connectivity index (χ3v) is 5.69. The fraction of sp³-hybridized carbons (Fsp3) is 0.591. The quantitative estimate of drug-likeness (QED) is 0.794. The normalized spacial score (nSPS) is 22.9. The van der Waals surface area contributed by atoms with Gasteiger partial charge in [-0.25, -0.2) is 0 Å². The zero-order chi connectivity index (χ0) is 18.8. The van der Waals surface area contributed by atoms with Gasteiger partial charge in [-0.1, -0.05) is 0 Å². The number of rotatable bonds is 6. The highest BCUT2D eigenvalue weighted by Crippen LogP contribution is 2.30. The Labute approximate surface area is 161 Å². The maximum absolute atomic E-state index is 12.4. The average Bonchev–Trinajstić information content (AvgIpc) is 3.23. The molecule has 5 nitrogen and oxygen atoms in total. The highest BCUT2D eigenvalue weighted by Gasteiger charge is 2.21. The van der Waals surface area contributed by atoms with E-state index in [4.69, 9.17) is 9.15 Å². The number of furan rings is 1. The molecule has 2 heterocycles. The topological polar surface area (TPSA) is 54.7 Å². The molecule has 0 saturated carbocycles. The first-order valence-electron chi connectivity index (χ1n) is 10.2. The fourth-order valence-electron chi connectivity index (χ4n) is 4.52. The summed E-state index contributed by atoms with van der Waals surface area (Å²) in [6.07, 6.45) is 7.18. The second-order valence-electron chi connectivity index (χ2n) is 8.13. The predicted octanol–water partition coefficient (Wildman–Crippen LogP) is 3.08. The van der Waals surface area contributed by atoms with E-state index in [1.54, 1.807) is 6.26 Å². The smallest absolute Gasteiger partial charge is 0.224 e. The molecule has 27 heavy (non-hydrogen) atoms. The minimum Gasteiger partial charge on any atom is -0.464 e. The molecule has 1 amide bonds. The Morgan fingerprint density at radius 3 is 2.70 bits per heavy atom. The minimum atomic E-state index is 0.0712. The second kappa shape index (κ2) is 8.03. The lowest BCUT2D eigenvalue weighted by molar-refractivity contribution is -0.120. The number of hydrogen-bond donors (Lipinski definition) is 1. The van der Waals surface area contributed by atoms with Gasteiger partial charge in [0.05, 0.1) is 24.9 Å². The van der Waals surface area contributed by atoms with Gasteiger partial charge in [-0.05, 0) is 62.8 Å². The molecule has 2 atom stereocenters. The molecule has 1 N–H and O–H groups in total. The van der Waals surface area contributed by atoms with Crippen molar-refractivity contribution >= 4 is 16.9 Å². The number of morpholine rings is 1. The Balaban J connectivity index is 1.26. The second-order valence-corrected chi connectivity index (χ2v) is 8.13. The van der Waals surface area contributed by atoms with Crippen molar-refractivity contribution in [1.29, 1.82) is 0 Å². The van der Waals surface area contributed by atoms with E-state index in [0.29, 0.717) is 25.2 Å². The van der Waals surface area contributed by atoms with E-state index in [-0.39, 0.29) is 5.91 Å².